The molecule has 2 N–H and O–H groups in total. The molecule has 1 aliphatic heterocycles. The number of hydrogen-bond acceptors (Lipinski definition) is 5. The van der Waals surface area contributed by atoms with Gasteiger partial charge < -0.3 is 10.1 Å². The highest BCUT2D eigenvalue weighted by Crippen LogP contribution is 2.33. The number of benzene rings is 3. The number of pyridine rings is 1. The van der Waals surface area contributed by atoms with E-state index in [-0.39, 0.29) is 30.2 Å². The summed E-state index contributed by atoms with van der Waals surface area (Å²) in [5.41, 5.74) is 8.88. The number of nitrogens with zero attached hydrogens (tertiary/aromatic N) is 2. The third-order valence-corrected chi connectivity index (χ3v) is 6.85. The van der Waals surface area contributed by atoms with Crippen LogP contribution in [0.3, 0.4) is 0 Å². The lowest BCUT2D eigenvalue weighted by molar-refractivity contribution is -0.123. The van der Waals surface area contributed by atoms with Crippen LogP contribution in [0.1, 0.15) is 5.56 Å². The number of carbonyl (C=O) groups excluding carboxylic acids is 2. The Labute approximate surface area is 225 Å². The molecule has 3 aromatic carbocycles. The van der Waals surface area contributed by atoms with Crippen molar-refractivity contribution in [2.75, 3.05) is 6.61 Å². The van der Waals surface area contributed by atoms with Crippen molar-refractivity contribution in [3.8, 4) is 28.1 Å². The number of fused-ring (bicyclic) bond motifs is 2. The predicted molar refractivity (Wildman–Crippen MR) is 152 cm³/mol. The van der Waals surface area contributed by atoms with E-state index in [1.54, 1.807) is 0 Å². The second kappa shape index (κ2) is 10.4. The molecule has 0 saturated carbocycles. The van der Waals surface area contributed by atoms with Gasteiger partial charge in [-0.2, -0.15) is 5.10 Å². The van der Waals surface area contributed by atoms with Crippen molar-refractivity contribution < 1.29 is 14.3 Å². The van der Waals surface area contributed by atoms with E-state index in [2.05, 4.69) is 59.2 Å². The van der Waals surface area contributed by atoms with E-state index in [1.807, 2.05) is 66.8 Å². The van der Waals surface area contributed by atoms with Gasteiger partial charge in [0, 0.05) is 10.9 Å². The number of amides is 2. The molecular weight excluding hydrogens is 488 g/mol. The lowest BCUT2D eigenvalue weighted by Gasteiger charge is -2.13. The van der Waals surface area contributed by atoms with Crippen LogP contribution in [0, 0.1) is 12.8 Å². The summed E-state index contributed by atoms with van der Waals surface area (Å²) in [7, 11) is 0. The molecule has 2 amide bonds. The third kappa shape index (κ3) is 5.07. The first-order chi connectivity index (χ1) is 19.0. The number of ether oxygens (including phenoxy) is 1. The zero-order chi connectivity index (χ0) is 26.8. The van der Waals surface area contributed by atoms with Crippen LogP contribution in [-0.4, -0.2) is 35.2 Å². The highest BCUT2D eigenvalue weighted by Gasteiger charge is 2.37. The Morgan fingerprint density at radius 3 is 2.59 bits per heavy atom. The molecule has 39 heavy (non-hydrogen) atoms. The highest BCUT2D eigenvalue weighted by atomic mass is 16.5. The average molecular weight is 515 g/mol. The number of allylic oxidation sites excluding steroid dienone is 2. The molecule has 7 nitrogen and oxygen atoms in total. The van der Waals surface area contributed by atoms with Crippen LogP contribution < -0.4 is 15.5 Å². The minimum Gasteiger partial charge on any atom is -0.484 e. The highest BCUT2D eigenvalue weighted by molar-refractivity contribution is 6.42. The zero-order valence-electron chi connectivity index (χ0n) is 21.3. The maximum atomic E-state index is 12.3. The Hall–Kier alpha value is -5.04. The van der Waals surface area contributed by atoms with Crippen LogP contribution in [-0.2, 0) is 9.59 Å². The van der Waals surface area contributed by atoms with Crippen molar-refractivity contribution in [1.82, 2.24) is 15.7 Å². The quantitative estimate of drug-likeness (QED) is 0.356. The molecule has 0 bridgehead atoms. The molecule has 4 aromatic rings. The summed E-state index contributed by atoms with van der Waals surface area (Å²) in [5.74, 6) is -0.380. The maximum absolute atomic E-state index is 12.3. The molecule has 1 fully saturated rings. The van der Waals surface area contributed by atoms with E-state index in [0.717, 1.165) is 33.3 Å². The van der Waals surface area contributed by atoms with Crippen LogP contribution in [0.25, 0.3) is 33.3 Å². The van der Waals surface area contributed by atoms with E-state index in [9.17, 15) is 9.59 Å². The normalized spacial score (nSPS) is 18.7. The van der Waals surface area contributed by atoms with Crippen LogP contribution in [0.5, 0.6) is 5.75 Å². The van der Waals surface area contributed by atoms with E-state index in [0.29, 0.717) is 5.75 Å². The summed E-state index contributed by atoms with van der Waals surface area (Å²) in [6, 6.07) is 26.0. The van der Waals surface area contributed by atoms with Gasteiger partial charge in [-0.25, -0.2) is 10.4 Å². The van der Waals surface area contributed by atoms with Crippen LogP contribution in [0.4, 0.5) is 0 Å². The fourth-order valence-corrected chi connectivity index (χ4v) is 4.88. The van der Waals surface area contributed by atoms with E-state index < -0.39 is 5.91 Å². The lowest BCUT2D eigenvalue weighted by atomic mass is 9.95. The lowest BCUT2D eigenvalue weighted by Crippen LogP contribution is -2.29. The second-order valence-electron chi connectivity index (χ2n) is 9.58. The number of hydrazone groups is 1. The minimum atomic E-state index is -0.447. The standard InChI is InChI=1S/C32H26N4O3/c1-20-11-16-28-26(17-20)25(21-7-3-2-4-8-21)18-29(33-28)22-12-14-23(15-13-22)39-19-30(37)35-36-31-24-9-5-6-10-27(24)34-32(31)38/h2-18,24,27H,19H2,1H3,(H,34,38)(H,35,37)/b36-31+/t24-,27-/m0/s1. The number of carbonyl (C=O) groups is 2. The molecule has 2 aliphatic rings. The Bertz CT molecular complexity index is 1660. The van der Waals surface area contributed by atoms with Crippen LogP contribution in [0.15, 0.2) is 108 Å². The monoisotopic (exact) mass is 514 g/mol. The SMILES string of the molecule is Cc1ccc2nc(-c3ccc(OCC(=O)N/N=C4/C(=O)N[C@H]5C=CC=C[C@H]45)cc3)cc(-c3ccccc3)c2c1. The molecule has 192 valence electrons. The molecule has 0 unspecified atom stereocenters. The van der Waals surface area contributed by atoms with Gasteiger partial charge in [-0.15, -0.1) is 0 Å². The molecule has 2 heterocycles. The summed E-state index contributed by atoms with van der Waals surface area (Å²) in [4.78, 5) is 29.4. The summed E-state index contributed by atoms with van der Waals surface area (Å²) in [6.07, 6.45) is 7.53. The van der Waals surface area contributed by atoms with Crippen molar-refractivity contribution in [2.45, 2.75) is 13.0 Å². The van der Waals surface area contributed by atoms with Crippen molar-refractivity contribution in [3.63, 3.8) is 0 Å². The molecule has 1 aliphatic carbocycles. The van der Waals surface area contributed by atoms with Gasteiger partial charge in [0.25, 0.3) is 11.8 Å². The Morgan fingerprint density at radius 2 is 1.77 bits per heavy atom. The largest absolute Gasteiger partial charge is 0.484 e. The number of nitrogens with one attached hydrogen (secondary N) is 2. The van der Waals surface area contributed by atoms with Crippen LogP contribution in [0.2, 0.25) is 0 Å². The smallest absolute Gasteiger partial charge is 0.277 e. The van der Waals surface area contributed by atoms with Crippen molar-refractivity contribution >= 4 is 28.4 Å². The summed E-state index contributed by atoms with van der Waals surface area (Å²) in [5, 5.41) is 8.00. The molecule has 0 radical (unpaired) electrons. The first-order valence-corrected chi connectivity index (χ1v) is 12.8. The fourth-order valence-electron chi connectivity index (χ4n) is 4.88. The fraction of sp³-hybridized carbons (Fsp3) is 0.125. The molecule has 0 spiro atoms. The van der Waals surface area contributed by atoms with Gasteiger partial charge in [0.1, 0.15) is 11.5 Å². The van der Waals surface area contributed by atoms with E-state index in [1.165, 1.54) is 5.56 Å². The summed E-state index contributed by atoms with van der Waals surface area (Å²) < 4.78 is 5.66. The molecule has 1 saturated heterocycles. The average Bonchev–Trinajstić information content (AvgIpc) is 3.29. The van der Waals surface area contributed by atoms with Crippen molar-refractivity contribution in [3.05, 3.63) is 109 Å². The number of aryl methyl sites for hydroxylation is 1. The molecular formula is C32H26N4O3. The maximum Gasteiger partial charge on any atom is 0.277 e. The first-order valence-electron chi connectivity index (χ1n) is 12.8. The van der Waals surface area contributed by atoms with Gasteiger partial charge in [-0.1, -0.05) is 66.3 Å². The van der Waals surface area contributed by atoms with Gasteiger partial charge in [-0.05, 0) is 60.5 Å². The Balaban J connectivity index is 1.16. The molecule has 7 heteroatoms. The number of hydrogen-bond donors (Lipinski definition) is 2. The topological polar surface area (TPSA) is 92.7 Å². The summed E-state index contributed by atoms with van der Waals surface area (Å²) >= 11 is 0. The van der Waals surface area contributed by atoms with Crippen molar-refractivity contribution in [2.24, 2.45) is 11.0 Å². The van der Waals surface area contributed by atoms with Gasteiger partial charge in [-0.3, -0.25) is 9.59 Å². The molecule has 1 aromatic heterocycles. The Morgan fingerprint density at radius 1 is 0.974 bits per heavy atom. The number of rotatable bonds is 6. The van der Waals surface area contributed by atoms with Crippen LogP contribution >= 0.6 is 0 Å². The first kappa shape index (κ1) is 24.3. The van der Waals surface area contributed by atoms with Gasteiger partial charge in [0.15, 0.2) is 6.61 Å². The molecule has 2 atom stereocenters. The number of aromatic nitrogens is 1. The third-order valence-electron chi connectivity index (χ3n) is 6.85. The van der Waals surface area contributed by atoms with Gasteiger partial charge >= 0.3 is 0 Å². The second-order valence-corrected chi connectivity index (χ2v) is 9.58. The zero-order valence-corrected chi connectivity index (χ0v) is 21.3. The minimum absolute atomic E-state index is 0.127. The van der Waals surface area contributed by atoms with Crippen molar-refractivity contribution in [1.29, 1.82) is 0 Å². The predicted octanol–water partition coefficient (Wildman–Crippen LogP) is 4.97. The molecule has 6 rings (SSSR count). The van der Waals surface area contributed by atoms with E-state index >= 15 is 0 Å². The van der Waals surface area contributed by atoms with Gasteiger partial charge in [0.2, 0.25) is 0 Å². The summed E-state index contributed by atoms with van der Waals surface area (Å²) in [6.45, 7) is 1.85. The van der Waals surface area contributed by atoms with E-state index in [4.69, 9.17) is 9.72 Å². The van der Waals surface area contributed by atoms with Gasteiger partial charge in [0.05, 0.1) is 23.2 Å². The Kier molecular flexibility index (Phi) is 6.47.